The van der Waals surface area contributed by atoms with Crippen LogP contribution in [0.4, 0.5) is 0 Å². The second-order valence-corrected chi connectivity index (χ2v) is 6.85. The molecule has 5 nitrogen and oxygen atoms in total. The molecule has 0 fully saturated rings. The Morgan fingerprint density at radius 2 is 2.35 bits per heavy atom. The first kappa shape index (κ1) is 16.0. The predicted octanol–water partition coefficient (Wildman–Crippen LogP) is 2.59. The average Bonchev–Trinajstić information content (AvgIpc) is 3.19. The maximum absolute atomic E-state index is 12.4. The summed E-state index contributed by atoms with van der Waals surface area (Å²) in [7, 11) is 1.75. The number of fused-ring (bicyclic) bond motifs is 1. The molecule has 1 aromatic heterocycles. The average molecular weight is 332 g/mol. The normalized spacial score (nSPS) is 14.2. The molecule has 2 heterocycles. The van der Waals surface area contributed by atoms with E-state index in [1.807, 2.05) is 12.1 Å². The molecule has 3 rings (SSSR count). The van der Waals surface area contributed by atoms with Crippen molar-refractivity contribution in [3.63, 3.8) is 0 Å². The van der Waals surface area contributed by atoms with Gasteiger partial charge in [0.15, 0.2) is 0 Å². The molecule has 1 N–H and O–H groups in total. The summed E-state index contributed by atoms with van der Waals surface area (Å²) in [5.41, 5.74) is 2.21. The minimum atomic E-state index is -0.407. The maximum Gasteiger partial charge on any atom is 0.265 e. The van der Waals surface area contributed by atoms with E-state index in [9.17, 15) is 9.90 Å². The zero-order chi connectivity index (χ0) is 16.4. The van der Waals surface area contributed by atoms with Gasteiger partial charge >= 0.3 is 0 Å². The second kappa shape index (κ2) is 6.68. The zero-order valence-corrected chi connectivity index (χ0v) is 14.1. The summed E-state index contributed by atoms with van der Waals surface area (Å²) in [5, 5.41) is 10.2. The molecule has 122 valence electrons. The molecule has 0 aliphatic carbocycles. The number of aliphatic hydroxyl groups is 1. The topological polar surface area (TPSA) is 62.7 Å². The van der Waals surface area contributed by atoms with Crippen LogP contribution in [0.1, 0.15) is 28.6 Å². The molecular formula is C17H20N2O3S. The highest BCUT2D eigenvalue weighted by Gasteiger charge is 2.18. The van der Waals surface area contributed by atoms with Crippen molar-refractivity contribution in [2.45, 2.75) is 25.9 Å². The first-order valence-electron chi connectivity index (χ1n) is 7.70. The Balaban J connectivity index is 1.74. The molecule has 0 bridgehead atoms. The van der Waals surface area contributed by atoms with Crippen molar-refractivity contribution in [2.75, 3.05) is 20.2 Å². The predicted molar refractivity (Wildman–Crippen MR) is 90.0 cm³/mol. The maximum atomic E-state index is 12.4. The quantitative estimate of drug-likeness (QED) is 0.914. The van der Waals surface area contributed by atoms with Crippen molar-refractivity contribution >= 4 is 17.2 Å². The summed E-state index contributed by atoms with van der Waals surface area (Å²) in [6, 6.07) is 6.04. The lowest BCUT2D eigenvalue weighted by atomic mass is 10.1. The summed E-state index contributed by atoms with van der Waals surface area (Å²) in [5.74, 6) is 0.887. The lowest BCUT2D eigenvalue weighted by Gasteiger charge is -2.16. The molecule has 2 aromatic rings. The SMILES string of the molecule is CC(O)CCN(C)C(=O)c1cnc(-c2ccc3c(c2)CCO3)s1. The van der Waals surface area contributed by atoms with Crippen molar-refractivity contribution in [1.29, 1.82) is 0 Å². The number of carbonyl (C=O) groups is 1. The molecule has 0 saturated carbocycles. The Bertz CT molecular complexity index is 712. The highest BCUT2D eigenvalue weighted by molar-refractivity contribution is 7.16. The molecular weight excluding hydrogens is 312 g/mol. The van der Waals surface area contributed by atoms with Crippen molar-refractivity contribution in [3.8, 4) is 16.3 Å². The van der Waals surface area contributed by atoms with Crippen LogP contribution in [-0.2, 0) is 6.42 Å². The van der Waals surface area contributed by atoms with Crippen LogP contribution in [0.15, 0.2) is 24.4 Å². The number of nitrogens with zero attached hydrogens (tertiary/aromatic N) is 2. The summed E-state index contributed by atoms with van der Waals surface area (Å²) in [6.45, 7) is 2.98. The van der Waals surface area contributed by atoms with Gasteiger partial charge in [0.05, 0.1) is 18.9 Å². The van der Waals surface area contributed by atoms with Gasteiger partial charge in [-0.05, 0) is 37.1 Å². The zero-order valence-electron chi connectivity index (χ0n) is 13.3. The first-order valence-corrected chi connectivity index (χ1v) is 8.51. The number of aromatic nitrogens is 1. The molecule has 0 radical (unpaired) electrons. The highest BCUT2D eigenvalue weighted by atomic mass is 32.1. The molecule has 23 heavy (non-hydrogen) atoms. The van der Waals surface area contributed by atoms with Crippen LogP contribution in [0.5, 0.6) is 5.75 Å². The Labute approximate surface area is 139 Å². The Kier molecular flexibility index (Phi) is 4.63. The number of amides is 1. The Morgan fingerprint density at radius 1 is 1.52 bits per heavy atom. The van der Waals surface area contributed by atoms with Crippen molar-refractivity contribution in [1.82, 2.24) is 9.88 Å². The summed E-state index contributed by atoms with van der Waals surface area (Å²) >= 11 is 1.40. The third-order valence-corrected chi connectivity index (χ3v) is 4.92. The number of ether oxygens (including phenoxy) is 1. The highest BCUT2D eigenvalue weighted by Crippen LogP contribution is 2.32. The van der Waals surface area contributed by atoms with E-state index in [0.717, 1.165) is 29.3 Å². The van der Waals surface area contributed by atoms with Gasteiger partial charge in [-0.15, -0.1) is 11.3 Å². The molecule has 1 unspecified atom stereocenters. The second-order valence-electron chi connectivity index (χ2n) is 5.82. The Hall–Kier alpha value is -1.92. The van der Waals surface area contributed by atoms with Crippen LogP contribution in [-0.4, -0.2) is 47.2 Å². The number of thiazole rings is 1. The molecule has 1 amide bonds. The van der Waals surface area contributed by atoms with Crippen molar-refractivity contribution in [2.24, 2.45) is 0 Å². The van der Waals surface area contributed by atoms with Crippen molar-refractivity contribution in [3.05, 3.63) is 34.8 Å². The largest absolute Gasteiger partial charge is 0.493 e. The van der Waals surface area contributed by atoms with Gasteiger partial charge < -0.3 is 14.7 Å². The molecule has 6 heteroatoms. The lowest BCUT2D eigenvalue weighted by Crippen LogP contribution is -2.28. The van der Waals surface area contributed by atoms with E-state index < -0.39 is 6.10 Å². The van der Waals surface area contributed by atoms with E-state index >= 15 is 0 Å². The minimum absolute atomic E-state index is 0.0566. The van der Waals surface area contributed by atoms with Crippen LogP contribution < -0.4 is 4.74 Å². The van der Waals surface area contributed by atoms with Crippen LogP contribution in [0.2, 0.25) is 0 Å². The smallest absolute Gasteiger partial charge is 0.265 e. The molecule has 1 aromatic carbocycles. The number of hydrogen-bond donors (Lipinski definition) is 1. The van der Waals surface area contributed by atoms with E-state index in [2.05, 4.69) is 11.1 Å². The third kappa shape index (κ3) is 3.54. The molecule has 0 saturated heterocycles. The van der Waals surface area contributed by atoms with Gasteiger partial charge in [0.1, 0.15) is 15.6 Å². The summed E-state index contributed by atoms with van der Waals surface area (Å²) in [6.07, 6.45) is 2.71. The number of rotatable bonds is 5. The minimum Gasteiger partial charge on any atom is -0.493 e. The first-order chi connectivity index (χ1) is 11.0. The fourth-order valence-corrected chi connectivity index (χ4v) is 3.40. The van der Waals surface area contributed by atoms with E-state index in [-0.39, 0.29) is 5.91 Å². The number of carbonyl (C=O) groups excluding carboxylic acids is 1. The lowest BCUT2D eigenvalue weighted by molar-refractivity contribution is 0.0773. The van der Waals surface area contributed by atoms with Crippen LogP contribution in [0.25, 0.3) is 10.6 Å². The van der Waals surface area contributed by atoms with E-state index in [0.29, 0.717) is 17.8 Å². The third-order valence-electron chi connectivity index (χ3n) is 3.88. The summed E-state index contributed by atoms with van der Waals surface area (Å²) in [4.78, 5) is 19.0. The molecule has 1 atom stereocenters. The van der Waals surface area contributed by atoms with Gasteiger partial charge in [-0.1, -0.05) is 0 Å². The molecule has 1 aliphatic heterocycles. The van der Waals surface area contributed by atoms with Gasteiger partial charge in [-0.3, -0.25) is 4.79 Å². The summed E-state index contributed by atoms with van der Waals surface area (Å²) < 4.78 is 5.51. The number of aliphatic hydroxyl groups excluding tert-OH is 1. The van der Waals surface area contributed by atoms with E-state index in [1.165, 1.54) is 16.9 Å². The van der Waals surface area contributed by atoms with Gasteiger partial charge in [0.25, 0.3) is 5.91 Å². The van der Waals surface area contributed by atoms with Gasteiger partial charge in [0.2, 0.25) is 0 Å². The fourth-order valence-electron chi connectivity index (χ4n) is 2.50. The monoisotopic (exact) mass is 332 g/mol. The Morgan fingerprint density at radius 3 is 3.13 bits per heavy atom. The van der Waals surface area contributed by atoms with Gasteiger partial charge in [-0.25, -0.2) is 4.98 Å². The van der Waals surface area contributed by atoms with Gasteiger partial charge in [-0.2, -0.15) is 0 Å². The van der Waals surface area contributed by atoms with Crippen LogP contribution >= 0.6 is 11.3 Å². The van der Waals surface area contributed by atoms with E-state index in [4.69, 9.17) is 4.74 Å². The number of benzene rings is 1. The van der Waals surface area contributed by atoms with Crippen LogP contribution in [0, 0.1) is 0 Å². The van der Waals surface area contributed by atoms with E-state index in [1.54, 1.807) is 25.1 Å². The fraction of sp³-hybridized carbons (Fsp3) is 0.412. The molecule has 1 aliphatic rings. The van der Waals surface area contributed by atoms with Crippen LogP contribution in [0.3, 0.4) is 0 Å². The standard InChI is InChI=1S/C17H20N2O3S/c1-11(20)5-7-19(2)17(21)15-10-18-16(23-15)13-3-4-14-12(9-13)6-8-22-14/h3-4,9-11,20H,5-8H2,1-2H3. The van der Waals surface area contributed by atoms with Crippen molar-refractivity contribution < 1.29 is 14.6 Å². The molecule has 0 spiro atoms. The number of hydrogen-bond acceptors (Lipinski definition) is 5. The van der Waals surface area contributed by atoms with Gasteiger partial charge in [0, 0.05) is 25.6 Å².